The Kier molecular flexibility index (Phi) is 5.00. The lowest BCUT2D eigenvalue weighted by Crippen LogP contribution is -2.43. The molecule has 2 aromatic rings. The van der Waals surface area contributed by atoms with Crippen LogP contribution in [0.2, 0.25) is 0 Å². The monoisotopic (exact) mass is 333 g/mol. The fourth-order valence-electron chi connectivity index (χ4n) is 2.59. The molecule has 2 aromatic heterocycles. The van der Waals surface area contributed by atoms with Gasteiger partial charge < -0.3 is 4.74 Å². The second-order valence-electron chi connectivity index (χ2n) is 5.45. The van der Waals surface area contributed by atoms with Crippen LogP contribution in [0.15, 0.2) is 53.8 Å². The molecule has 0 amide bonds. The lowest BCUT2D eigenvalue weighted by Gasteiger charge is -2.31. The van der Waals surface area contributed by atoms with Crippen LogP contribution in [0.5, 0.6) is 0 Å². The highest BCUT2D eigenvalue weighted by atomic mass is 32.2. The zero-order chi connectivity index (χ0) is 16.1. The van der Waals surface area contributed by atoms with Gasteiger partial charge in [0.05, 0.1) is 18.4 Å². The van der Waals surface area contributed by atoms with Gasteiger partial charge in [0.15, 0.2) is 0 Å². The molecule has 1 unspecified atom stereocenters. The van der Waals surface area contributed by atoms with Crippen molar-refractivity contribution in [2.75, 3.05) is 13.1 Å². The van der Waals surface area contributed by atoms with Crippen LogP contribution in [0.25, 0.3) is 0 Å². The minimum absolute atomic E-state index is 0.114. The van der Waals surface area contributed by atoms with E-state index in [9.17, 15) is 8.42 Å². The topological polar surface area (TPSA) is 72.4 Å². The molecule has 3 rings (SSSR count). The smallest absolute Gasteiger partial charge is 0.244 e. The summed E-state index contributed by atoms with van der Waals surface area (Å²) in [4.78, 5) is 8.34. The number of nitrogens with zero attached hydrogens (tertiary/aromatic N) is 3. The molecule has 7 heteroatoms. The Morgan fingerprint density at radius 3 is 2.87 bits per heavy atom. The molecule has 0 bridgehead atoms. The van der Waals surface area contributed by atoms with E-state index in [-0.39, 0.29) is 11.0 Å². The zero-order valence-electron chi connectivity index (χ0n) is 12.7. The van der Waals surface area contributed by atoms with E-state index in [0.717, 1.165) is 18.5 Å². The fourth-order valence-corrected chi connectivity index (χ4v) is 4.07. The van der Waals surface area contributed by atoms with Crippen LogP contribution in [0.1, 0.15) is 18.5 Å². The van der Waals surface area contributed by atoms with Crippen LogP contribution in [-0.2, 0) is 21.4 Å². The molecular formula is C16H19N3O3S. The number of piperidine rings is 1. The van der Waals surface area contributed by atoms with Crippen molar-refractivity contribution < 1.29 is 13.2 Å². The molecule has 1 fully saturated rings. The largest absolute Gasteiger partial charge is 0.371 e. The van der Waals surface area contributed by atoms with E-state index in [4.69, 9.17) is 4.74 Å². The SMILES string of the molecule is O=S(=O)(c1cccnc1)N1CCCC(OCc2ccccn2)C1. The van der Waals surface area contributed by atoms with Gasteiger partial charge in [-0.2, -0.15) is 4.31 Å². The minimum atomic E-state index is -3.50. The van der Waals surface area contributed by atoms with Gasteiger partial charge in [0.25, 0.3) is 0 Å². The van der Waals surface area contributed by atoms with Gasteiger partial charge in [-0.1, -0.05) is 6.07 Å². The summed E-state index contributed by atoms with van der Waals surface area (Å²) < 4.78 is 32.6. The molecular weight excluding hydrogens is 314 g/mol. The van der Waals surface area contributed by atoms with Gasteiger partial charge in [-0.3, -0.25) is 9.97 Å². The zero-order valence-corrected chi connectivity index (χ0v) is 13.5. The minimum Gasteiger partial charge on any atom is -0.371 e. The highest BCUT2D eigenvalue weighted by Crippen LogP contribution is 2.21. The average molecular weight is 333 g/mol. The van der Waals surface area contributed by atoms with Crippen LogP contribution in [0.4, 0.5) is 0 Å². The van der Waals surface area contributed by atoms with Gasteiger partial charge in [0, 0.05) is 31.7 Å². The normalized spacial score (nSPS) is 19.6. The first-order valence-corrected chi connectivity index (χ1v) is 9.02. The summed E-state index contributed by atoms with van der Waals surface area (Å²) in [6.45, 7) is 1.27. The Labute approximate surface area is 136 Å². The highest BCUT2D eigenvalue weighted by molar-refractivity contribution is 7.89. The molecule has 0 aliphatic carbocycles. The lowest BCUT2D eigenvalue weighted by molar-refractivity contribution is 0.00665. The van der Waals surface area contributed by atoms with Crippen molar-refractivity contribution in [3.05, 3.63) is 54.6 Å². The van der Waals surface area contributed by atoms with E-state index in [1.807, 2.05) is 18.2 Å². The summed E-state index contributed by atoms with van der Waals surface area (Å²) in [5.41, 5.74) is 0.847. The summed E-state index contributed by atoms with van der Waals surface area (Å²) in [6.07, 6.45) is 6.19. The highest BCUT2D eigenvalue weighted by Gasteiger charge is 2.30. The van der Waals surface area contributed by atoms with Crippen molar-refractivity contribution in [1.29, 1.82) is 0 Å². The number of ether oxygens (including phenoxy) is 1. The second-order valence-corrected chi connectivity index (χ2v) is 7.39. The molecule has 6 nitrogen and oxygen atoms in total. The Bertz CT molecular complexity index is 723. The van der Waals surface area contributed by atoms with Crippen LogP contribution < -0.4 is 0 Å². The van der Waals surface area contributed by atoms with E-state index in [1.54, 1.807) is 24.5 Å². The first-order chi connectivity index (χ1) is 11.2. The van der Waals surface area contributed by atoms with Crippen molar-refractivity contribution >= 4 is 10.0 Å². The molecule has 1 atom stereocenters. The summed E-state index contributed by atoms with van der Waals surface area (Å²) >= 11 is 0. The number of aromatic nitrogens is 2. The third kappa shape index (κ3) is 3.93. The van der Waals surface area contributed by atoms with Crippen LogP contribution in [0, 0.1) is 0 Å². The molecule has 0 aromatic carbocycles. The van der Waals surface area contributed by atoms with Gasteiger partial charge in [0.2, 0.25) is 10.0 Å². The Hall–Kier alpha value is -1.83. The number of hydrogen-bond acceptors (Lipinski definition) is 5. The van der Waals surface area contributed by atoms with E-state index >= 15 is 0 Å². The standard InChI is InChI=1S/C16H19N3O3S/c20-23(21,16-7-3-8-17-11-16)19-10-4-6-15(12-19)22-13-14-5-1-2-9-18-14/h1-3,5,7-9,11,15H,4,6,10,12-13H2. The van der Waals surface area contributed by atoms with Gasteiger partial charge in [0.1, 0.15) is 4.90 Å². The van der Waals surface area contributed by atoms with Crippen molar-refractivity contribution in [3.8, 4) is 0 Å². The maximum atomic E-state index is 12.6. The van der Waals surface area contributed by atoms with E-state index in [2.05, 4.69) is 9.97 Å². The fraction of sp³-hybridized carbons (Fsp3) is 0.375. The maximum absolute atomic E-state index is 12.6. The van der Waals surface area contributed by atoms with Crippen LogP contribution in [0.3, 0.4) is 0 Å². The number of hydrogen-bond donors (Lipinski definition) is 0. The Morgan fingerprint density at radius 2 is 2.13 bits per heavy atom. The molecule has 0 saturated carbocycles. The maximum Gasteiger partial charge on any atom is 0.244 e. The average Bonchev–Trinajstić information content (AvgIpc) is 2.62. The molecule has 1 aliphatic heterocycles. The van der Waals surface area contributed by atoms with Gasteiger partial charge in [-0.05, 0) is 37.1 Å². The second kappa shape index (κ2) is 7.16. The first-order valence-electron chi connectivity index (χ1n) is 7.58. The summed E-state index contributed by atoms with van der Waals surface area (Å²) in [5, 5.41) is 0. The van der Waals surface area contributed by atoms with E-state index in [1.165, 1.54) is 10.5 Å². The summed E-state index contributed by atoms with van der Waals surface area (Å²) in [6, 6.07) is 8.86. The quantitative estimate of drug-likeness (QED) is 0.835. The number of rotatable bonds is 5. The molecule has 3 heterocycles. The predicted octanol–water partition coefficient (Wildman–Crippen LogP) is 1.85. The van der Waals surface area contributed by atoms with Gasteiger partial charge in [-0.25, -0.2) is 8.42 Å². The van der Waals surface area contributed by atoms with E-state index in [0.29, 0.717) is 19.7 Å². The third-order valence-corrected chi connectivity index (χ3v) is 5.65. The molecule has 122 valence electrons. The van der Waals surface area contributed by atoms with E-state index < -0.39 is 10.0 Å². The van der Waals surface area contributed by atoms with Crippen molar-refractivity contribution in [3.63, 3.8) is 0 Å². The third-order valence-electron chi connectivity index (χ3n) is 3.81. The van der Waals surface area contributed by atoms with Crippen molar-refractivity contribution in [2.45, 2.75) is 30.4 Å². The molecule has 0 spiro atoms. The number of pyridine rings is 2. The van der Waals surface area contributed by atoms with Gasteiger partial charge in [-0.15, -0.1) is 0 Å². The van der Waals surface area contributed by atoms with Crippen molar-refractivity contribution in [2.24, 2.45) is 0 Å². The first kappa shape index (κ1) is 16.0. The summed E-state index contributed by atoms with van der Waals surface area (Å²) in [7, 11) is -3.50. The lowest BCUT2D eigenvalue weighted by atomic mass is 10.1. The molecule has 1 saturated heterocycles. The number of sulfonamides is 1. The Balaban J connectivity index is 1.64. The van der Waals surface area contributed by atoms with Crippen LogP contribution in [-0.4, -0.2) is 41.9 Å². The predicted molar refractivity (Wildman–Crippen MR) is 85.0 cm³/mol. The Morgan fingerprint density at radius 1 is 1.22 bits per heavy atom. The molecule has 1 aliphatic rings. The molecule has 0 radical (unpaired) electrons. The molecule has 0 N–H and O–H groups in total. The molecule has 23 heavy (non-hydrogen) atoms. The summed E-state index contributed by atoms with van der Waals surface area (Å²) in [5.74, 6) is 0. The van der Waals surface area contributed by atoms with Crippen molar-refractivity contribution in [1.82, 2.24) is 14.3 Å². The van der Waals surface area contributed by atoms with Gasteiger partial charge >= 0.3 is 0 Å². The van der Waals surface area contributed by atoms with Crippen LogP contribution >= 0.6 is 0 Å².